The summed E-state index contributed by atoms with van der Waals surface area (Å²) in [5.74, 6) is 0.549. The topological polar surface area (TPSA) is 58.6 Å². The fraction of sp³-hybridized carbons (Fsp3) is 0.588. The van der Waals surface area contributed by atoms with Crippen molar-refractivity contribution in [3.8, 4) is 5.75 Å². The fourth-order valence-electron chi connectivity index (χ4n) is 2.77. The van der Waals surface area contributed by atoms with Gasteiger partial charge in [0.1, 0.15) is 5.75 Å². The first-order chi connectivity index (χ1) is 10.0. The number of rotatable bonds is 6. The second-order valence-corrected chi connectivity index (χ2v) is 6.00. The van der Waals surface area contributed by atoms with Crippen molar-refractivity contribution in [3.05, 3.63) is 23.8 Å². The van der Waals surface area contributed by atoms with E-state index in [0.29, 0.717) is 30.9 Å². The minimum Gasteiger partial charge on any atom is -0.491 e. The van der Waals surface area contributed by atoms with Crippen molar-refractivity contribution in [2.24, 2.45) is 0 Å². The molecular weight excluding hydrogens is 266 g/mol. The maximum Gasteiger partial charge on any atom is 0.227 e. The summed E-state index contributed by atoms with van der Waals surface area (Å²) in [4.78, 5) is 12.2. The Balaban J connectivity index is 2.02. The highest BCUT2D eigenvalue weighted by Gasteiger charge is 2.33. The number of aryl methyl sites for hydroxylation is 1. The van der Waals surface area contributed by atoms with E-state index in [-0.39, 0.29) is 12.3 Å². The number of anilines is 1. The zero-order valence-electron chi connectivity index (χ0n) is 12.9. The van der Waals surface area contributed by atoms with E-state index in [2.05, 4.69) is 5.32 Å². The number of hydrogen-bond acceptors (Lipinski definition) is 3. The second-order valence-electron chi connectivity index (χ2n) is 6.00. The Morgan fingerprint density at radius 2 is 2.10 bits per heavy atom. The molecule has 1 saturated carbocycles. The van der Waals surface area contributed by atoms with E-state index in [4.69, 9.17) is 4.74 Å². The predicted octanol–water partition coefficient (Wildman–Crippen LogP) is 3.42. The van der Waals surface area contributed by atoms with Crippen LogP contribution in [0.2, 0.25) is 0 Å². The molecule has 1 aliphatic carbocycles. The number of carbonyl (C=O) groups excluding carboxylic acids is 1. The predicted molar refractivity (Wildman–Crippen MR) is 83.6 cm³/mol. The van der Waals surface area contributed by atoms with E-state index in [1.54, 1.807) is 0 Å². The van der Waals surface area contributed by atoms with Gasteiger partial charge in [0.2, 0.25) is 5.91 Å². The quantitative estimate of drug-likeness (QED) is 0.844. The number of ether oxygens (including phenoxy) is 1. The Morgan fingerprint density at radius 3 is 2.76 bits per heavy atom. The molecule has 0 spiro atoms. The van der Waals surface area contributed by atoms with Crippen LogP contribution in [0.3, 0.4) is 0 Å². The second kappa shape index (κ2) is 6.94. The molecule has 1 aromatic carbocycles. The van der Waals surface area contributed by atoms with Gasteiger partial charge in [-0.3, -0.25) is 4.79 Å². The van der Waals surface area contributed by atoms with Crippen LogP contribution >= 0.6 is 0 Å². The van der Waals surface area contributed by atoms with Crippen molar-refractivity contribution in [2.75, 3.05) is 11.9 Å². The number of benzene rings is 1. The molecule has 4 nitrogen and oxygen atoms in total. The van der Waals surface area contributed by atoms with E-state index < -0.39 is 5.60 Å². The largest absolute Gasteiger partial charge is 0.491 e. The molecule has 1 aromatic rings. The Labute approximate surface area is 126 Å². The van der Waals surface area contributed by atoms with Crippen LogP contribution in [-0.2, 0) is 4.79 Å². The number of hydrogen-bond donors (Lipinski definition) is 2. The minimum atomic E-state index is -0.820. The third-order valence-electron chi connectivity index (χ3n) is 3.90. The fourth-order valence-corrected chi connectivity index (χ4v) is 2.77. The maximum absolute atomic E-state index is 12.2. The molecule has 0 unspecified atom stereocenters. The summed E-state index contributed by atoms with van der Waals surface area (Å²) in [6, 6.07) is 5.73. The van der Waals surface area contributed by atoms with Crippen LogP contribution in [0.25, 0.3) is 0 Å². The normalized spacial score (nSPS) is 16.7. The van der Waals surface area contributed by atoms with E-state index in [1.807, 2.05) is 32.0 Å². The lowest BCUT2D eigenvalue weighted by Crippen LogP contribution is -2.30. The summed E-state index contributed by atoms with van der Waals surface area (Å²) in [7, 11) is 0. The van der Waals surface area contributed by atoms with Gasteiger partial charge in [-0.15, -0.1) is 0 Å². The summed E-state index contributed by atoms with van der Waals surface area (Å²) in [5, 5.41) is 13.2. The summed E-state index contributed by atoms with van der Waals surface area (Å²) >= 11 is 0. The van der Waals surface area contributed by atoms with Gasteiger partial charge in [0.05, 0.1) is 24.3 Å². The molecule has 116 valence electrons. The maximum atomic E-state index is 12.2. The smallest absolute Gasteiger partial charge is 0.227 e. The first-order valence-electron chi connectivity index (χ1n) is 7.78. The third kappa shape index (κ3) is 4.46. The van der Waals surface area contributed by atoms with E-state index in [9.17, 15) is 9.90 Å². The molecule has 0 aromatic heterocycles. The monoisotopic (exact) mass is 291 g/mol. The highest BCUT2D eigenvalue weighted by atomic mass is 16.5. The van der Waals surface area contributed by atoms with E-state index in [1.165, 1.54) is 0 Å². The third-order valence-corrected chi connectivity index (χ3v) is 3.90. The summed E-state index contributed by atoms with van der Waals surface area (Å²) < 4.78 is 5.69. The summed E-state index contributed by atoms with van der Waals surface area (Å²) in [6.45, 7) is 4.66. The average Bonchev–Trinajstić information content (AvgIpc) is 2.85. The molecule has 0 bridgehead atoms. The first-order valence-corrected chi connectivity index (χ1v) is 7.78. The first kappa shape index (κ1) is 15.8. The molecule has 0 atom stereocenters. The van der Waals surface area contributed by atoms with Crippen molar-refractivity contribution >= 4 is 11.6 Å². The van der Waals surface area contributed by atoms with E-state index >= 15 is 0 Å². The van der Waals surface area contributed by atoms with Gasteiger partial charge in [-0.2, -0.15) is 0 Å². The Morgan fingerprint density at radius 1 is 1.38 bits per heavy atom. The zero-order chi connectivity index (χ0) is 15.3. The average molecular weight is 291 g/mol. The Kier molecular flexibility index (Phi) is 5.23. The van der Waals surface area contributed by atoms with Crippen molar-refractivity contribution < 1.29 is 14.6 Å². The highest BCUT2D eigenvalue weighted by molar-refractivity contribution is 5.93. The summed E-state index contributed by atoms with van der Waals surface area (Å²) in [6.07, 6.45) is 4.51. The van der Waals surface area contributed by atoms with Gasteiger partial charge in [-0.25, -0.2) is 0 Å². The molecule has 0 saturated heterocycles. The van der Waals surface area contributed by atoms with Gasteiger partial charge in [-0.05, 0) is 43.9 Å². The van der Waals surface area contributed by atoms with Crippen molar-refractivity contribution in [1.82, 2.24) is 0 Å². The molecule has 2 N–H and O–H groups in total. The number of nitrogens with one attached hydrogen (secondary N) is 1. The van der Waals surface area contributed by atoms with Crippen LogP contribution in [0.4, 0.5) is 5.69 Å². The lowest BCUT2D eigenvalue weighted by Gasteiger charge is -2.21. The van der Waals surface area contributed by atoms with Crippen LogP contribution in [0.5, 0.6) is 5.75 Å². The summed E-state index contributed by atoms with van der Waals surface area (Å²) in [5.41, 5.74) is 0.952. The van der Waals surface area contributed by atoms with E-state index in [0.717, 1.165) is 24.8 Å². The molecule has 2 rings (SSSR count). The van der Waals surface area contributed by atoms with Crippen LogP contribution < -0.4 is 10.1 Å². The molecule has 0 radical (unpaired) electrons. The van der Waals surface area contributed by atoms with Crippen LogP contribution in [0.15, 0.2) is 18.2 Å². The van der Waals surface area contributed by atoms with Gasteiger partial charge < -0.3 is 15.2 Å². The standard InChI is InChI=1S/C17H25NO3/c1-3-10-21-15-11-13(2)6-7-14(15)18-16(19)12-17(20)8-4-5-9-17/h6-7,11,20H,3-5,8-10,12H2,1-2H3,(H,18,19). The molecule has 0 heterocycles. The molecule has 1 aliphatic rings. The molecule has 4 heteroatoms. The molecule has 0 aliphatic heterocycles. The van der Waals surface area contributed by atoms with Crippen molar-refractivity contribution in [3.63, 3.8) is 0 Å². The van der Waals surface area contributed by atoms with Gasteiger partial charge >= 0.3 is 0 Å². The lowest BCUT2D eigenvalue weighted by molar-refractivity contribution is -0.120. The van der Waals surface area contributed by atoms with Crippen LogP contribution in [0.1, 0.15) is 51.0 Å². The van der Waals surface area contributed by atoms with Crippen LogP contribution in [0, 0.1) is 6.92 Å². The number of aliphatic hydroxyl groups is 1. The number of carbonyl (C=O) groups is 1. The van der Waals surface area contributed by atoms with Gasteiger partial charge in [0, 0.05) is 0 Å². The van der Waals surface area contributed by atoms with Crippen LogP contribution in [-0.4, -0.2) is 23.2 Å². The molecule has 1 fully saturated rings. The van der Waals surface area contributed by atoms with Gasteiger partial charge in [0.25, 0.3) is 0 Å². The Hall–Kier alpha value is -1.55. The van der Waals surface area contributed by atoms with Crippen molar-refractivity contribution in [2.45, 2.75) is 58.0 Å². The highest BCUT2D eigenvalue weighted by Crippen LogP contribution is 2.33. The number of amides is 1. The SMILES string of the molecule is CCCOc1cc(C)ccc1NC(=O)CC1(O)CCCC1. The molecular formula is C17H25NO3. The zero-order valence-corrected chi connectivity index (χ0v) is 12.9. The lowest BCUT2D eigenvalue weighted by atomic mass is 9.97. The van der Waals surface area contributed by atoms with Crippen molar-refractivity contribution in [1.29, 1.82) is 0 Å². The molecule has 1 amide bonds. The van der Waals surface area contributed by atoms with Gasteiger partial charge in [-0.1, -0.05) is 25.8 Å². The Bertz CT molecular complexity index is 493. The van der Waals surface area contributed by atoms with Gasteiger partial charge in [0.15, 0.2) is 0 Å². The molecule has 21 heavy (non-hydrogen) atoms. The minimum absolute atomic E-state index is 0.149.